The average Bonchev–Trinajstić information content (AvgIpc) is 2.85. The number of nitrogens with zero attached hydrogens (tertiary/aromatic N) is 2. The molecule has 1 aromatic rings. The lowest BCUT2D eigenvalue weighted by atomic mass is 10.0. The number of piperazine rings is 1. The fourth-order valence-corrected chi connectivity index (χ4v) is 6.52. The summed E-state index contributed by atoms with van der Waals surface area (Å²) in [7, 11) is -3.36. The molecule has 2 rings (SSSR count). The molecular formula is C13H19BrN2O4S2. The van der Waals surface area contributed by atoms with Gasteiger partial charge in [-0.1, -0.05) is 0 Å². The molecule has 0 spiro atoms. The first-order chi connectivity index (χ1) is 10.1. The summed E-state index contributed by atoms with van der Waals surface area (Å²) in [6, 6.07) is 3.35. The Labute approximate surface area is 142 Å². The molecule has 0 bridgehead atoms. The first-order valence-corrected chi connectivity index (χ1v) is 10.1. The summed E-state index contributed by atoms with van der Waals surface area (Å²) in [5.74, 6) is 0.0139. The summed E-state index contributed by atoms with van der Waals surface area (Å²) in [6.45, 7) is 5.69. The first-order valence-electron chi connectivity index (χ1n) is 6.83. The van der Waals surface area contributed by atoms with Crippen LogP contribution in [0.15, 0.2) is 20.1 Å². The van der Waals surface area contributed by atoms with Gasteiger partial charge >= 0.3 is 6.09 Å². The van der Waals surface area contributed by atoms with Gasteiger partial charge in [-0.25, -0.2) is 13.2 Å². The van der Waals surface area contributed by atoms with Crippen LogP contribution in [0.5, 0.6) is 0 Å². The summed E-state index contributed by atoms with van der Waals surface area (Å²) in [5.41, 5.74) is -0.542. The molecule has 0 unspecified atom stereocenters. The number of rotatable bonds is 4. The SMILES string of the molecule is CC(C)(CS(=O)(=O)c1ccc(Br)s1)N1CCN(C(=O)O)CC1. The predicted molar refractivity (Wildman–Crippen MR) is 89.3 cm³/mol. The maximum absolute atomic E-state index is 12.5. The Hall–Kier alpha value is -0.640. The predicted octanol–water partition coefficient (Wildman–Crippen LogP) is 2.36. The Morgan fingerprint density at radius 3 is 2.36 bits per heavy atom. The number of hydrogen-bond acceptors (Lipinski definition) is 5. The zero-order valence-electron chi connectivity index (χ0n) is 12.5. The van der Waals surface area contributed by atoms with E-state index in [1.165, 1.54) is 16.2 Å². The monoisotopic (exact) mass is 410 g/mol. The standard InChI is InChI=1S/C13H19BrN2O4S2/c1-13(2,16-7-5-15(6-8-16)12(17)18)9-22(19,20)11-4-3-10(14)21-11/h3-4H,5-9H2,1-2H3,(H,17,18). The van der Waals surface area contributed by atoms with Gasteiger partial charge in [-0.05, 0) is 41.9 Å². The van der Waals surface area contributed by atoms with Crippen molar-refractivity contribution in [1.82, 2.24) is 9.80 Å². The lowest BCUT2D eigenvalue weighted by Gasteiger charge is -2.43. The van der Waals surface area contributed by atoms with Gasteiger partial charge < -0.3 is 10.0 Å². The molecule has 0 aliphatic carbocycles. The van der Waals surface area contributed by atoms with Gasteiger partial charge in [0.05, 0.1) is 9.54 Å². The molecule has 1 fully saturated rings. The molecule has 2 heterocycles. The highest BCUT2D eigenvalue weighted by molar-refractivity contribution is 9.11. The average molecular weight is 411 g/mol. The Balaban J connectivity index is 2.06. The van der Waals surface area contributed by atoms with Crippen molar-refractivity contribution in [1.29, 1.82) is 0 Å². The van der Waals surface area contributed by atoms with Gasteiger partial charge in [-0.2, -0.15) is 0 Å². The van der Waals surface area contributed by atoms with Gasteiger partial charge in [0.15, 0.2) is 9.84 Å². The zero-order valence-corrected chi connectivity index (χ0v) is 15.7. The van der Waals surface area contributed by atoms with E-state index in [1.807, 2.05) is 18.7 Å². The van der Waals surface area contributed by atoms with Crippen molar-refractivity contribution in [2.45, 2.75) is 23.6 Å². The minimum absolute atomic E-state index is 0.0139. The van der Waals surface area contributed by atoms with Crippen LogP contribution in [0.3, 0.4) is 0 Å². The van der Waals surface area contributed by atoms with Crippen LogP contribution in [-0.4, -0.2) is 66.9 Å². The second-order valence-corrected chi connectivity index (χ2v) is 10.6. The van der Waals surface area contributed by atoms with Crippen molar-refractivity contribution >= 4 is 43.2 Å². The maximum Gasteiger partial charge on any atom is 0.407 e. The summed E-state index contributed by atoms with van der Waals surface area (Å²) in [4.78, 5) is 14.3. The third-order valence-electron chi connectivity index (χ3n) is 3.80. The molecule has 0 saturated carbocycles. The van der Waals surface area contributed by atoms with Crippen LogP contribution in [-0.2, 0) is 9.84 Å². The van der Waals surface area contributed by atoms with Crippen molar-refractivity contribution in [3.8, 4) is 0 Å². The van der Waals surface area contributed by atoms with Crippen LogP contribution in [0, 0.1) is 0 Å². The summed E-state index contributed by atoms with van der Waals surface area (Å²) >= 11 is 4.49. The fraction of sp³-hybridized carbons (Fsp3) is 0.615. The van der Waals surface area contributed by atoms with Gasteiger partial charge in [-0.15, -0.1) is 11.3 Å². The molecule has 1 amide bonds. The van der Waals surface area contributed by atoms with Gasteiger partial charge in [0.1, 0.15) is 4.21 Å². The molecule has 6 nitrogen and oxygen atoms in total. The van der Waals surface area contributed by atoms with Crippen LogP contribution >= 0.6 is 27.3 Å². The Bertz CT molecular complexity index is 649. The number of thiophene rings is 1. The molecule has 1 aliphatic heterocycles. The fourth-order valence-electron chi connectivity index (χ4n) is 2.60. The van der Waals surface area contributed by atoms with Crippen molar-refractivity contribution in [3.63, 3.8) is 0 Å². The highest BCUT2D eigenvalue weighted by Crippen LogP contribution is 2.30. The van der Waals surface area contributed by atoms with Crippen molar-refractivity contribution in [2.75, 3.05) is 31.9 Å². The molecular weight excluding hydrogens is 392 g/mol. The molecule has 1 saturated heterocycles. The Morgan fingerprint density at radius 2 is 1.91 bits per heavy atom. The molecule has 22 heavy (non-hydrogen) atoms. The third kappa shape index (κ3) is 4.01. The Morgan fingerprint density at radius 1 is 1.32 bits per heavy atom. The maximum atomic E-state index is 12.5. The van der Waals surface area contributed by atoms with E-state index in [4.69, 9.17) is 5.11 Å². The normalized spacial score (nSPS) is 17.7. The second-order valence-electron chi connectivity index (χ2n) is 5.89. The number of sulfone groups is 1. The van der Waals surface area contributed by atoms with Crippen molar-refractivity contribution in [2.24, 2.45) is 0 Å². The molecule has 0 atom stereocenters. The number of halogens is 1. The smallest absolute Gasteiger partial charge is 0.407 e. The largest absolute Gasteiger partial charge is 0.465 e. The molecule has 124 valence electrons. The van der Waals surface area contributed by atoms with E-state index in [-0.39, 0.29) is 5.75 Å². The van der Waals surface area contributed by atoms with Crippen LogP contribution in [0.4, 0.5) is 4.79 Å². The number of amides is 1. The molecule has 1 aromatic heterocycles. The highest BCUT2D eigenvalue weighted by Gasteiger charge is 2.36. The number of carboxylic acid groups (broad SMARTS) is 1. The first kappa shape index (κ1) is 17.7. The lowest BCUT2D eigenvalue weighted by molar-refractivity contribution is 0.0611. The zero-order chi connectivity index (χ0) is 16.5. The van der Waals surface area contributed by atoms with Crippen LogP contribution in [0.1, 0.15) is 13.8 Å². The summed E-state index contributed by atoms with van der Waals surface area (Å²) in [5, 5.41) is 8.97. The van der Waals surface area contributed by atoms with E-state index < -0.39 is 21.5 Å². The van der Waals surface area contributed by atoms with E-state index in [1.54, 1.807) is 12.1 Å². The molecule has 9 heteroatoms. The van der Waals surface area contributed by atoms with Crippen LogP contribution in [0.25, 0.3) is 0 Å². The second kappa shape index (κ2) is 6.46. The molecule has 1 aliphatic rings. The van der Waals surface area contributed by atoms with Crippen molar-refractivity contribution < 1.29 is 18.3 Å². The Kier molecular flexibility index (Phi) is 5.20. The molecule has 1 N–H and O–H groups in total. The van der Waals surface area contributed by atoms with E-state index in [9.17, 15) is 13.2 Å². The van der Waals surface area contributed by atoms with E-state index in [0.717, 1.165) is 3.79 Å². The summed E-state index contributed by atoms with van der Waals surface area (Å²) < 4.78 is 26.2. The van der Waals surface area contributed by atoms with E-state index >= 15 is 0 Å². The quantitative estimate of drug-likeness (QED) is 0.823. The minimum Gasteiger partial charge on any atom is -0.465 e. The number of carbonyl (C=O) groups is 1. The van der Waals surface area contributed by atoms with Gasteiger partial charge in [-0.3, -0.25) is 4.90 Å². The molecule has 0 radical (unpaired) electrons. The van der Waals surface area contributed by atoms with E-state index in [0.29, 0.717) is 30.4 Å². The van der Waals surface area contributed by atoms with E-state index in [2.05, 4.69) is 15.9 Å². The summed E-state index contributed by atoms with van der Waals surface area (Å²) in [6.07, 6.45) is -0.923. The topological polar surface area (TPSA) is 77.9 Å². The molecule has 0 aromatic carbocycles. The third-order valence-corrected chi connectivity index (χ3v) is 8.07. The van der Waals surface area contributed by atoms with Crippen LogP contribution < -0.4 is 0 Å². The number of hydrogen-bond donors (Lipinski definition) is 1. The van der Waals surface area contributed by atoms with Crippen LogP contribution in [0.2, 0.25) is 0 Å². The van der Waals surface area contributed by atoms with Gasteiger partial charge in [0.2, 0.25) is 0 Å². The minimum atomic E-state index is -3.36. The van der Waals surface area contributed by atoms with Gasteiger partial charge in [0, 0.05) is 31.7 Å². The van der Waals surface area contributed by atoms with Gasteiger partial charge in [0.25, 0.3) is 0 Å². The highest BCUT2D eigenvalue weighted by atomic mass is 79.9. The lowest BCUT2D eigenvalue weighted by Crippen LogP contribution is -2.57. The van der Waals surface area contributed by atoms with Crippen molar-refractivity contribution in [3.05, 3.63) is 15.9 Å².